The molecule has 1 aliphatic heterocycles. The molecule has 1 fully saturated rings. The molecule has 7 heteroatoms. The zero-order chi connectivity index (χ0) is 17.6. The number of aromatic nitrogens is 2. The Morgan fingerprint density at radius 1 is 1.40 bits per heavy atom. The minimum absolute atomic E-state index is 0.0249. The van der Waals surface area contributed by atoms with Gasteiger partial charge in [-0.25, -0.2) is 4.98 Å². The number of nitrogens with one attached hydrogen (secondary N) is 2. The van der Waals surface area contributed by atoms with Crippen LogP contribution in [0.1, 0.15) is 17.4 Å². The Balaban J connectivity index is 1.56. The zero-order valence-corrected chi connectivity index (χ0v) is 14.7. The summed E-state index contributed by atoms with van der Waals surface area (Å²) < 4.78 is 7.16. The first-order valence-corrected chi connectivity index (χ1v) is 8.49. The molecule has 1 saturated heterocycles. The van der Waals surface area contributed by atoms with Crippen molar-refractivity contribution in [2.45, 2.75) is 12.6 Å². The lowest BCUT2D eigenvalue weighted by atomic mass is 10.1. The second-order valence-electron chi connectivity index (χ2n) is 6.21. The van der Waals surface area contributed by atoms with Gasteiger partial charge in [0.25, 0.3) is 0 Å². The van der Waals surface area contributed by atoms with Crippen molar-refractivity contribution in [2.75, 3.05) is 33.3 Å². The summed E-state index contributed by atoms with van der Waals surface area (Å²) in [6.45, 7) is 3.40. The summed E-state index contributed by atoms with van der Waals surface area (Å²) in [5, 5.41) is 6.38. The van der Waals surface area contributed by atoms with Gasteiger partial charge in [0.05, 0.1) is 19.7 Å². The van der Waals surface area contributed by atoms with Gasteiger partial charge >= 0.3 is 0 Å². The molecule has 134 valence electrons. The molecule has 0 spiro atoms. The molecule has 2 N–H and O–H groups in total. The standard InChI is InChI=1S/C18H25N5O2/c1-22-9-8-20-18(22)16-12-19-7-10-23(16)13-17(24)21-11-14-3-5-15(25-2)6-4-14/h3-6,8-9,16,19H,7,10-13H2,1-2H3,(H,21,24). The average molecular weight is 343 g/mol. The maximum absolute atomic E-state index is 12.4. The molecule has 0 bridgehead atoms. The van der Waals surface area contributed by atoms with E-state index in [1.807, 2.05) is 42.1 Å². The highest BCUT2D eigenvalue weighted by molar-refractivity contribution is 5.78. The van der Waals surface area contributed by atoms with E-state index in [1.165, 1.54) is 0 Å². The first-order chi connectivity index (χ1) is 12.2. The van der Waals surface area contributed by atoms with Gasteiger partial charge in [0.2, 0.25) is 5.91 Å². The third-order valence-electron chi connectivity index (χ3n) is 4.51. The van der Waals surface area contributed by atoms with Gasteiger partial charge in [-0.1, -0.05) is 12.1 Å². The van der Waals surface area contributed by atoms with Crippen LogP contribution in [0.15, 0.2) is 36.7 Å². The number of ether oxygens (including phenoxy) is 1. The van der Waals surface area contributed by atoms with Crippen molar-refractivity contribution < 1.29 is 9.53 Å². The number of rotatable bonds is 6. The van der Waals surface area contributed by atoms with Crippen LogP contribution < -0.4 is 15.4 Å². The molecule has 3 rings (SSSR count). The topological polar surface area (TPSA) is 71.4 Å². The van der Waals surface area contributed by atoms with Crippen molar-refractivity contribution >= 4 is 5.91 Å². The van der Waals surface area contributed by atoms with E-state index in [4.69, 9.17) is 4.74 Å². The molecule has 2 aromatic rings. The van der Waals surface area contributed by atoms with Crippen molar-refractivity contribution in [3.05, 3.63) is 48.0 Å². The van der Waals surface area contributed by atoms with E-state index in [0.717, 1.165) is 36.8 Å². The molecule has 7 nitrogen and oxygen atoms in total. The molecule has 1 aromatic heterocycles. The van der Waals surface area contributed by atoms with Crippen LogP contribution >= 0.6 is 0 Å². The van der Waals surface area contributed by atoms with Gasteiger partial charge in [-0.05, 0) is 17.7 Å². The van der Waals surface area contributed by atoms with Crippen molar-refractivity contribution in [3.8, 4) is 5.75 Å². The fourth-order valence-electron chi connectivity index (χ4n) is 3.07. The predicted molar refractivity (Wildman–Crippen MR) is 95.2 cm³/mol. The molecule has 1 unspecified atom stereocenters. The SMILES string of the molecule is COc1ccc(CNC(=O)CN2CCNCC2c2nccn2C)cc1. The molecule has 1 atom stereocenters. The molecular formula is C18H25N5O2. The van der Waals surface area contributed by atoms with Crippen molar-refractivity contribution in [3.63, 3.8) is 0 Å². The summed E-state index contributed by atoms with van der Waals surface area (Å²) in [7, 11) is 3.63. The smallest absolute Gasteiger partial charge is 0.234 e. The minimum atomic E-state index is 0.0249. The Kier molecular flexibility index (Phi) is 5.67. The number of hydrogen-bond acceptors (Lipinski definition) is 5. The van der Waals surface area contributed by atoms with E-state index in [-0.39, 0.29) is 11.9 Å². The Morgan fingerprint density at radius 2 is 2.20 bits per heavy atom. The number of hydrogen-bond donors (Lipinski definition) is 2. The Bertz CT molecular complexity index is 698. The molecule has 0 aliphatic carbocycles. The van der Waals surface area contributed by atoms with Crippen molar-refractivity contribution in [2.24, 2.45) is 7.05 Å². The lowest BCUT2D eigenvalue weighted by Gasteiger charge is -2.35. The van der Waals surface area contributed by atoms with Gasteiger partial charge in [0, 0.05) is 45.6 Å². The summed E-state index contributed by atoms with van der Waals surface area (Å²) in [6.07, 6.45) is 3.73. The largest absolute Gasteiger partial charge is 0.497 e. The second-order valence-corrected chi connectivity index (χ2v) is 6.21. The first kappa shape index (κ1) is 17.4. The number of nitrogens with zero attached hydrogens (tertiary/aromatic N) is 3. The monoisotopic (exact) mass is 343 g/mol. The highest BCUT2D eigenvalue weighted by Gasteiger charge is 2.28. The van der Waals surface area contributed by atoms with Gasteiger partial charge < -0.3 is 19.9 Å². The van der Waals surface area contributed by atoms with Crippen molar-refractivity contribution in [1.29, 1.82) is 0 Å². The number of piperazine rings is 1. The zero-order valence-electron chi connectivity index (χ0n) is 14.7. The van der Waals surface area contributed by atoms with E-state index in [2.05, 4.69) is 20.5 Å². The summed E-state index contributed by atoms with van der Waals surface area (Å²) in [5.74, 6) is 1.82. The average Bonchev–Trinajstić information content (AvgIpc) is 3.07. The molecule has 0 radical (unpaired) electrons. The number of aryl methyl sites for hydroxylation is 1. The van der Waals surface area contributed by atoms with E-state index >= 15 is 0 Å². The molecule has 0 saturated carbocycles. The van der Waals surface area contributed by atoms with E-state index in [9.17, 15) is 4.79 Å². The first-order valence-electron chi connectivity index (χ1n) is 8.49. The number of carbonyl (C=O) groups excluding carboxylic acids is 1. The molecular weight excluding hydrogens is 318 g/mol. The normalized spacial score (nSPS) is 18.1. The molecule has 25 heavy (non-hydrogen) atoms. The van der Waals surface area contributed by atoms with Crippen LogP contribution in [0.4, 0.5) is 0 Å². The summed E-state index contributed by atoms with van der Waals surface area (Å²) in [4.78, 5) is 19.0. The number of methoxy groups -OCH3 is 1. The van der Waals surface area contributed by atoms with Crippen molar-refractivity contribution in [1.82, 2.24) is 25.1 Å². The maximum Gasteiger partial charge on any atom is 0.234 e. The van der Waals surface area contributed by atoms with Crippen LogP contribution in [0.3, 0.4) is 0 Å². The lowest BCUT2D eigenvalue weighted by molar-refractivity contribution is -0.123. The van der Waals surface area contributed by atoms with Gasteiger partial charge in [-0.3, -0.25) is 9.69 Å². The van der Waals surface area contributed by atoms with Crippen LogP contribution in [0, 0.1) is 0 Å². The highest BCUT2D eigenvalue weighted by Crippen LogP contribution is 2.19. The number of carbonyl (C=O) groups is 1. The van der Waals surface area contributed by atoms with E-state index in [1.54, 1.807) is 13.3 Å². The van der Waals surface area contributed by atoms with Crippen LogP contribution in [0.5, 0.6) is 5.75 Å². The van der Waals surface area contributed by atoms with Crippen LogP contribution in [0.25, 0.3) is 0 Å². The van der Waals surface area contributed by atoms with Crippen LogP contribution in [0.2, 0.25) is 0 Å². The fraction of sp³-hybridized carbons (Fsp3) is 0.444. The number of benzene rings is 1. The molecule has 1 aromatic carbocycles. The van der Waals surface area contributed by atoms with Crippen LogP contribution in [-0.2, 0) is 18.4 Å². The molecule has 1 amide bonds. The van der Waals surface area contributed by atoms with E-state index < -0.39 is 0 Å². The third kappa shape index (κ3) is 4.37. The van der Waals surface area contributed by atoms with E-state index in [0.29, 0.717) is 13.1 Å². The third-order valence-corrected chi connectivity index (χ3v) is 4.51. The Hall–Kier alpha value is -2.38. The second kappa shape index (κ2) is 8.13. The number of imidazole rings is 1. The molecule has 1 aliphatic rings. The van der Waals surface area contributed by atoms with Gasteiger partial charge in [0.1, 0.15) is 11.6 Å². The van der Waals surface area contributed by atoms with Crippen LogP contribution in [-0.4, -0.2) is 53.6 Å². The summed E-state index contributed by atoms with van der Waals surface area (Å²) in [5.41, 5.74) is 1.05. The summed E-state index contributed by atoms with van der Waals surface area (Å²) >= 11 is 0. The Labute approximate surface area is 148 Å². The lowest BCUT2D eigenvalue weighted by Crippen LogP contribution is -2.50. The maximum atomic E-state index is 12.4. The molecule has 2 heterocycles. The highest BCUT2D eigenvalue weighted by atomic mass is 16.5. The minimum Gasteiger partial charge on any atom is -0.497 e. The predicted octanol–water partition coefficient (Wildman–Crippen LogP) is 0.691. The quantitative estimate of drug-likeness (QED) is 0.808. The van der Waals surface area contributed by atoms with Gasteiger partial charge in [-0.15, -0.1) is 0 Å². The Morgan fingerprint density at radius 3 is 2.88 bits per heavy atom. The summed E-state index contributed by atoms with van der Waals surface area (Å²) in [6, 6.07) is 7.82. The van der Waals surface area contributed by atoms with Gasteiger partial charge in [0.15, 0.2) is 0 Å². The number of amides is 1. The fourth-order valence-corrected chi connectivity index (χ4v) is 3.07. The van der Waals surface area contributed by atoms with Gasteiger partial charge in [-0.2, -0.15) is 0 Å².